The van der Waals surface area contributed by atoms with Crippen molar-refractivity contribution in [1.82, 2.24) is 19.9 Å². The van der Waals surface area contributed by atoms with Gasteiger partial charge in [-0.25, -0.2) is 24.7 Å². The smallest absolute Gasteiger partial charge is 0.416 e. The maximum atomic E-state index is 13.7. The number of benzene rings is 2. The summed E-state index contributed by atoms with van der Waals surface area (Å²) in [5.74, 6) is 0.844. The zero-order valence-corrected chi connectivity index (χ0v) is 45.0. The lowest BCUT2D eigenvalue weighted by atomic mass is 10.0. The van der Waals surface area contributed by atoms with Crippen molar-refractivity contribution in [3.8, 4) is 34.3 Å². The van der Waals surface area contributed by atoms with Gasteiger partial charge < -0.3 is 54.6 Å². The van der Waals surface area contributed by atoms with Crippen LogP contribution in [0, 0.1) is 13.8 Å². The number of amides is 2. The Balaban J connectivity index is 0.000000154. The van der Waals surface area contributed by atoms with Crippen LogP contribution in [0.2, 0.25) is 0 Å². The molecule has 10 heterocycles. The van der Waals surface area contributed by atoms with E-state index in [1.807, 2.05) is 53.7 Å². The van der Waals surface area contributed by atoms with E-state index in [-0.39, 0.29) is 24.9 Å². The molecule has 4 fully saturated rings. The Bertz CT molecular complexity index is 3240. The third-order valence-electron chi connectivity index (χ3n) is 14.2. The second-order valence-corrected chi connectivity index (χ2v) is 21.3. The van der Waals surface area contributed by atoms with Crippen molar-refractivity contribution < 1.29 is 59.6 Å². The van der Waals surface area contributed by atoms with Crippen molar-refractivity contribution in [2.75, 3.05) is 83.7 Å². The summed E-state index contributed by atoms with van der Waals surface area (Å²) < 4.78 is 113. The molecular formula is C57H62F6N10O7. The maximum absolute atomic E-state index is 13.7. The Morgan fingerprint density at radius 1 is 0.713 bits per heavy atom. The summed E-state index contributed by atoms with van der Waals surface area (Å²) in [6, 6.07) is 20.9. The van der Waals surface area contributed by atoms with E-state index in [1.54, 1.807) is 47.5 Å². The average molecular weight is 1110 g/mol. The number of rotatable bonds is 9. The number of pyridine rings is 4. The highest BCUT2D eigenvalue weighted by Gasteiger charge is 2.42. The predicted molar refractivity (Wildman–Crippen MR) is 289 cm³/mol. The second-order valence-electron chi connectivity index (χ2n) is 21.3. The zero-order valence-electron chi connectivity index (χ0n) is 45.0. The number of nitrogens with zero attached hydrogens (tertiary/aromatic N) is 7. The van der Waals surface area contributed by atoms with Gasteiger partial charge in [0.2, 0.25) is 11.8 Å². The van der Waals surface area contributed by atoms with E-state index in [0.29, 0.717) is 83.9 Å². The fraction of sp³-hybridized carbons (Fsp3) is 0.421. The number of urea groups is 1. The third kappa shape index (κ3) is 12.9. The van der Waals surface area contributed by atoms with Crippen LogP contribution in [0.4, 0.5) is 65.5 Å². The molecule has 4 saturated heterocycles. The molecule has 12 rings (SSSR count). The van der Waals surface area contributed by atoms with Gasteiger partial charge in [0, 0.05) is 79.2 Å². The van der Waals surface area contributed by atoms with Crippen molar-refractivity contribution in [3.05, 3.63) is 120 Å². The van der Waals surface area contributed by atoms with Gasteiger partial charge in [-0.2, -0.15) is 26.3 Å². The third-order valence-corrected chi connectivity index (χ3v) is 14.2. The quantitative estimate of drug-likeness (QED) is 0.116. The number of carbonyl (C=O) groups excluding carboxylic acids is 1. The van der Waals surface area contributed by atoms with Crippen molar-refractivity contribution in [2.24, 2.45) is 0 Å². The molecule has 17 nitrogen and oxygen atoms in total. The van der Waals surface area contributed by atoms with Gasteiger partial charge in [-0.1, -0.05) is 24.3 Å². The number of hydrogen-bond acceptors (Lipinski definition) is 15. The molecule has 0 spiro atoms. The van der Waals surface area contributed by atoms with Crippen molar-refractivity contribution in [3.63, 3.8) is 0 Å². The van der Waals surface area contributed by atoms with Crippen LogP contribution in [0.5, 0.6) is 11.8 Å². The molecular weight excluding hydrogens is 1050 g/mol. The van der Waals surface area contributed by atoms with Gasteiger partial charge >= 0.3 is 18.4 Å². The number of anilines is 6. The Kier molecular flexibility index (Phi) is 15.5. The first-order valence-electron chi connectivity index (χ1n) is 26.3. The van der Waals surface area contributed by atoms with E-state index in [0.717, 1.165) is 79.0 Å². The van der Waals surface area contributed by atoms with E-state index in [1.165, 1.54) is 24.4 Å². The number of fused-ring (bicyclic) bond motifs is 8. The van der Waals surface area contributed by atoms with Gasteiger partial charge in [-0.3, -0.25) is 4.90 Å². The average Bonchev–Trinajstić information content (AvgIpc) is 4.25. The van der Waals surface area contributed by atoms with Crippen molar-refractivity contribution >= 4 is 40.4 Å². The first-order chi connectivity index (χ1) is 37.9. The number of nitrogens with one attached hydrogen (secondary N) is 2. The van der Waals surface area contributed by atoms with Crippen LogP contribution in [-0.4, -0.2) is 114 Å². The second kappa shape index (κ2) is 22.2. The van der Waals surface area contributed by atoms with Crippen molar-refractivity contribution in [2.45, 2.75) is 103 Å². The Labute approximate surface area is 458 Å². The lowest BCUT2D eigenvalue weighted by Crippen LogP contribution is -2.48. The number of aromatic nitrogens is 4. The number of ether oxygens (including phenoxy) is 6. The highest BCUT2D eigenvalue weighted by molar-refractivity contribution is 6.05. The molecule has 4 N–H and O–H groups in total. The Morgan fingerprint density at radius 2 is 1.26 bits per heavy atom. The first-order valence-corrected chi connectivity index (χ1v) is 26.3. The fourth-order valence-electron chi connectivity index (χ4n) is 10.4. The van der Waals surface area contributed by atoms with Crippen LogP contribution in [0.25, 0.3) is 22.5 Å². The van der Waals surface area contributed by atoms with Gasteiger partial charge in [0.15, 0.2) is 23.2 Å². The molecule has 6 aromatic rings. The van der Waals surface area contributed by atoms with E-state index in [4.69, 9.17) is 39.1 Å². The number of hydrogen-bond donors (Lipinski definition) is 3. The molecule has 6 aliphatic heterocycles. The van der Waals surface area contributed by atoms with Crippen LogP contribution in [0.15, 0.2) is 97.3 Å². The van der Waals surface area contributed by atoms with Crippen LogP contribution < -0.4 is 40.5 Å². The number of carbonyl (C=O) groups is 1. The van der Waals surface area contributed by atoms with Gasteiger partial charge in [0.1, 0.15) is 25.4 Å². The van der Waals surface area contributed by atoms with Crippen LogP contribution in [0.3, 0.4) is 0 Å². The fourth-order valence-corrected chi connectivity index (χ4v) is 10.4. The molecule has 4 bridgehead atoms. The highest BCUT2D eigenvalue weighted by Crippen LogP contribution is 2.43. The summed E-state index contributed by atoms with van der Waals surface area (Å²) >= 11 is 0. The number of alkyl halides is 6. The lowest BCUT2D eigenvalue weighted by molar-refractivity contribution is -0.142. The standard InChI is InChI=1S/C29H30F3N5O4.C17H16F3N3.C11H16N2O3/c1-17-11-23-26(35-25(17)18-5-4-6-19(12-18)29(30,31)32)37(21-8-10-36(23)14-21)27(38)34-20-7-9-33-24(13-20)39-15-22-16-40-28(2,3)41-22;1-10-7-14-16(21-13-5-6-23(14)9-13)22-15(10)11-3-2-4-12(8-11)17(18,19)20;1-11(2)15-7-9(16-11)6-14-10-5-8(12)3-4-13-10/h4-7,9,11-13,21-22H,8,10,14-16H2,1-3H3,(H,33,34,38);2-4,7-8,13H,5-6,9H2,1H3,(H,21,22);3-5,9H,6-7H2,1-2H3,(H2,12,13)/t21-,22+;13-;9-/m001/s1. The van der Waals surface area contributed by atoms with E-state index in [2.05, 4.69) is 35.4 Å². The molecule has 424 valence electrons. The lowest BCUT2D eigenvalue weighted by Gasteiger charge is -2.36. The Morgan fingerprint density at radius 3 is 1.84 bits per heavy atom. The summed E-state index contributed by atoms with van der Waals surface area (Å²) in [5, 5.41) is 6.32. The number of halogens is 6. The van der Waals surface area contributed by atoms with Crippen LogP contribution in [-0.2, 0) is 31.3 Å². The molecule has 6 aliphatic rings. The van der Waals surface area contributed by atoms with E-state index >= 15 is 0 Å². The summed E-state index contributed by atoms with van der Waals surface area (Å²) in [7, 11) is 0. The molecule has 2 amide bonds. The summed E-state index contributed by atoms with van der Waals surface area (Å²) in [4.78, 5) is 37.4. The molecule has 23 heteroatoms. The molecule has 80 heavy (non-hydrogen) atoms. The predicted octanol–water partition coefficient (Wildman–Crippen LogP) is 10.9. The van der Waals surface area contributed by atoms with E-state index < -0.39 is 41.1 Å². The maximum Gasteiger partial charge on any atom is 0.416 e. The summed E-state index contributed by atoms with van der Waals surface area (Å²) in [5.41, 5.74) is 10.6. The van der Waals surface area contributed by atoms with Crippen molar-refractivity contribution in [1.29, 1.82) is 0 Å². The normalized spacial score (nSPS) is 21.1. The van der Waals surface area contributed by atoms with E-state index in [9.17, 15) is 31.1 Å². The molecule has 0 aliphatic carbocycles. The highest BCUT2D eigenvalue weighted by atomic mass is 19.4. The number of aryl methyl sites for hydroxylation is 2. The Hall–Kier alpha value is -7.47. The van der Waals surface area contributed by atoms with Gasteiger partial charge in [0.25, 0.3) is 0 Å². The topological polar surface area (TPSA) is 184 Å². The molecule has 0 unspecified atom stereocenters. The minimum Gasteiger partial charge on any atom is -0.475 e. The largest absolute Gasteiger partial charge is 0.475 e. The minimum atomic E-state index is -4.48. The molecule has 0 saturated carbocycles. The van der Waals surface area contributed by atoms with Gasteiger partial charge in [-0.05, 0) is 114 Å². The number of nitrogen functional groups attached to an aromatic ring is 1. The van der Waals surface area contributed by atoms with Gasteiger partial charge in [0.05, 0.1) is 53.1 Å². The molecule has 4 aromatic heterocycles. The molecule has 4 atom stereocenters. The summed E-state index contributed by atoms with van der Waals surface area (Å²) in [6.45, 7) is 16.1. The zero-order chi connectivity index (χ0) is 56.7. The molecule has 2 aromatic carbocycles. The molecule has 0 radical (unpaired) electrons. The van der Waals surface area contributed by atoms with Crippen LogP contribution >= 0.6 is 0 Å². The van der Waals surface area contributed by atoms with Crippen LogP contribution in [0.1, 0.15) is 62.8 Å². The minimum absolute atomic E-state index is 0.0572. The monoisotopic (exact) mass is 1110 g/mol. The SMILES string of the molecule is CC1(C)OC[C@@H](COc2cc(N)ccn2)O1.Cc1cc2c(nc1-c1cccc(C(F)(F)F)c1)N(C(=O)Nc1ccnc(OC[C@@H]3COC(C)(C)O3)c1)[C@H]1CCN2C1.Cc1cc2c(nc1-c1cccc(C(F)(F)F)c1)N[C@H]1CCN2C1. The first kappa shape index (κ1) is 55.8. The number of nitrogens with two attached hydrogens (primary N) is 1. The summed E-state index contributed by atoms with van der Waals surface area (Å²) in [6.07, 6.45) is -4.16. The van der Waals surface area contributed by atoms with Gasteiger partial charge in [-0.15, -0.1) is 0 Å².